The van der Waals surface area contributed by atoms with Crippen molar-refractivity contribution in [1.29, 1.82) is 0 Å². The van der Waals surface area contributed by atoms with Crippen LogP contribution in [0.15, 0.2) is 91.0 Å². The van der Waals surface area contributed by atoms with E-state index < -0.39 is 18.1 Å². The van der Waals surface area contributed by atoms with Gasteiger partial charge in [-0.05, 0) is 74.7 Å². The van der Waals surface area contributed by atoms with Crippen molar-refractivity contribution in [2.45, 2.75) is 68.7 Å². The molecule has 0 radical (unpaired) electrons. The molecule has 5 rings (SSSR count). The van der Waals surface area contributed by atoms with E-state index in [1.54, 1.807) is 11.9 Å². The summed E-state index contributed by atoms with van der Waals surface area (Å²) in [6, 6.07) is 27.4. The number of fused-ring (bicyclic) bond motifs is 1. The van der Waals surface area contributed by atoms with E-state index in [2.05, 4.69) is 16.0 Å². The molecule has 3 aromatic carbocycles. The summed E-state index contributed by atoms with van der Waals surface area (Å²) >= 11 is 0. The number of carbonyl (C=O) groups excluding carboxylic acids is 3. The first-order valence-electron chi connectivity index (χ1n) is 15.4. The smallest absolute Gasteiger partial charge is 0.246 e. The summed E-state index contributed by atoms with van der Waals surface area (Å²) < 4.78 is 0. The van der Waals surface area contributed by atoms with Gasteiger partial charge in [0.05, 0.1) is 12.1 Å². The molecule has 0 unspecified atom stereocenters. The van der Waals surface area contributed by atoms with Gasteiger partial charge >= 0.3 is 0 Å². The number of hydrogen-bond acceptors (Lipinski definition) is 5. The molecule has 0 saturated carbocycles. The maximum atomic E-state index is 14.3. The zero-order chi connectivity index (χ0) is 30.2. The fraction of sp³-hybridized carbons (Fsp3) is 0.400. The molecule has 43 heavy (non-hydrogen) atoms. The number of nitrogens with two attached hydrogens (primary N) is 1. The lowest BCUT2D eigenvalue weighted by molar-refractivity contribution is -0.143. The first-order chi connectivity index (χ1) is 21.0. The van der Waals surface area contributed by atoms with Gasteiger partial charge in [0.1, 0.15) is 12.1 Å². The van der Waals surface area contributed by atoms with Crippen LogP contribution < -0.4 is 21.7 Å². The molecule has 8 nitrogen and oxygen atoms in total. The predicted molar refractivity (Wildman–Crippen MR) is 168 cm³/mol. The van der Waals surface area contributed by atoms with Crippen molar-refractivity contribution >= 4 is 17.7 Å². The van der Waals surface area contributed by atoms with Crippen LogP contribution in [0.3, 0.4) is 0 Å². The van der Waals surface area contributed by atoms with Crippen LogP contribution in [0.1, 0.15) is 54.8 Å². The maximum Gasteiger partial charge on any atom is 0.246 e. The Morgan fingerprint density at radius 3 is 2.02 bits per heavy atom. The lowest BCUT2D eigenvalue weighted by Gasteiger charge is -2.33. The van der Waals surface area contributed by atoms with E-state index in [9.17, 15) is 14.4 Å². The lowest BCUT2D eigenvalue weighted by Crippen LogP contribution is -2.58. The van der Waals surface area contributed by atoms with E-state index in [0.29, 0.717) is 25.8 Å². The number of carbonyl (C=O) groups is 3. The topological polar surface area (TPSA) is 117 Å². The molecule has 5 atom stereocenters. The summed E-state index contributed by atoms with van der Waals surface area (Å²) in [4.78, 5) is 43.7. The van der Waals surface area contributed by atoms with Gasteiger partial charge in [-0.15, -0.1) is 0 Å². The number of likely N-dealkylation sites (N-methyl/N-ethyl adjacent to an activating group) is 1. The second kappa shape index (κ2) is 14.4. The van der Waals surface area contributed by atoms with Gasteiger partial charge in [-0.1, -0.05) is 91.0 Å². The minimum Gasteiger partial charge on any atom is -0.343 e. The Labute approximate surface area is 254 Å². The van der Waals surface area contributed by atoms with Crippen molar-refractivity contribution in [2.24, 2.45) is 11.7 Å². The Morgan fingerprint density at radius 2 is 1.44 bits per heavy atom. The van der Waals surface area contributed by atoms with Gasteiger partial charge in [-0.2, -0.15) is 0 Å². The van der Waals surface area contributed by atoms with Gasteiger partial charge in [-0.3, -0.25) is 14.4 Å². The molecule has 0 aliphatic carbocycles. The summed E-state index contributed by atoms with van der Waals surface area (Å²) in [5.74, 6) is -0.671. The van der Waals surface area contributed by atoms with E-state index in [1.165, 1.54) is 0 Å². The number of hydrogen-bond donors (Lipinski definition) is 4. The van der Waals surface area contributed by atoms with E-state index in [-0.39, 0.29) is 35.7 Å². The zero-order valence-electron chi connectivity index (χ0n) is 24.8. The van der Waals surface area contributed by atoms with E-state index in [0.717, 1.165) is 36.0 Å². The van der Waals surface area contributed by atoms with Crippen molar-refractivity contribution in [3.05, 3.63) is 108 Å². The molecule has 0 aromatic heterocycles. The van der Waals surface area contributed by atoms with Crippen LogP contribution in [-0.2, 0) is 20.8 Å². The third kappa shape index (κ3) is 7.14. The summed E-state index contributed by atoms with van der Waals surface area (Å²) in [5, 5.41) is 9.48. The van der Waals surface area contributed by atoms with Crippen LogP contribution in [-0.4, -0.2) is 60.4 Å². The molecule has 226 valence electrons. The summed E-state index contributed by atoms with van der Waals surface area (Å²) in [6.45, 7) is 0.425. The van der Waals surface area contributed by atoms with Gasteiger partial charge in [0.25, 0.3) is 0 Å². The highest BCUT2D eigenvalue weighted by Gasteiger charge is 2.47. The zero-order valence-corrected chi connectivity index (χ0v) is 24.8. The standard InChI is InChI=1S/C35H43N5O3/c1-37-29(23-24-11-5-2-6-12-24)33(41)39-32-27(21-22-36)17-18-28-19-20-30(40(28)35(32)43)34(42)38-31(25-13-7-3-8-14-25)26-15-9-4-10-16-26/h2-16,27-32,37H,17-23,36H2,1H3,(H,38,42)(H,39,41)/t27-,28+,29-,30+,32+/m1/s1. The van der Waals surface area contributed by atoms with Gasteiger partial charge in [0.2, 0.25) is 17.7 Å². The fourth-order valence-electron chi connectivity index (χ4n) is 6.72. The Bertz CT molecular complexity index is 1310. The maximum absolute atomic E-state index is 14.3. The molecular weight excluding hydrogens is 538 g/mol. The van der Waals surface area contributed by atoms with Gasteiger partial charge in [0.15, 0.2) is 0 Å². The first-order valence-corrected chi connectivity index (χ1v) is 15.4. The SMILES string of the molecule is CN[C@H](Cc1ccccc1)C(=O)N[C@@H]1C(=O)N2[C@@H](CC[C@@H]1CCN)CC[C@H]2C(=O)NC(c1ccccc1)c1ccccc1. The molecule has 8 heteroatoms. The van der Waals surface area contributed by atoms with Crippen molar-refractivity contribution in [2.75, 3.05) is 13.6 Å². The lowest BCUT2D eigenvalue weighted by atomic mass is 9.90. The van der Waals surface area contributed by atoms with Crippen LogP contribution in [0.25, 0.3) is 0 Å². The molecule has 2 heterocycles. The Morgan fingerprint density at radius 1 is 0.860 bits per heavy atom. The Hall–Kier alpha value is -4.01. The third-order valence-electron chi connectivity index (χ3n) is 9.00. The van der Waals surface area contributed by atoms with E-state index >= 15 is 0 Å². The monoisotopic (exact) mass is 581 g/mol. The van der Waals surface area contributed by atoms with Crippen LogP contribution in [0, 0.1) is 5.92 Å². The van der Waals surface area contributed by atoms with Crippen LogP contribution in [0.4, 0.5) is 0 Å². The quantitative estimate of drug-likeness (QED) is 0.277. The fourth-order valence-corrected chi connectivity index (χ4v) is 6.72. The molecule has 0 spiro atoms. The largest absolute Gasteiger partial charge is 0.343 e. The Kier molecular flexibility index (Phi) is 10.2. The highest BCUT2D eigenvalue weighted by atomic mass is 16.2. The molecule has 2 aliphatic heterocycles. The second-order valence-corrected chi connectivity index (χ2v) is 11.7. The van der Waals surface area contributed by atoms with Crippen molar-refractivity contribution in [3.8, 4) is 0 Å². The highest BCUT2D eigenvalue weighted by Crippen LogP contribution is 2.35. The van der Waals surface area contributed by atoms with Crippen LogP contribution >= 0.6 is 0 Å². The summed E-state index contributed by atoms with van der Waals surface area (Å²) in [5.41, 5.74) is 8.96. The average molecular weight is 582 g/mol. The minimum atomic E-state index is -0.736. The second-order valence-electron chi connectivity index (χ2n) is 11.7. The van der Waals surface area contributed by atoms with Gasteiger partial charge in [-0.25, -0.2) is 0 Å². The average Bonchev–Trinajstić information content (AvgIpc) is 3.43. The van der Waals surface area contributed by atoms with Crippen LogP contribution in [0.5, 0.6) is 0 Å². The normalized spacial score (nSPS) is 22.5. The van der Waals surface area contributed by atoms with Crippen LogP contribution in [0.2, 0.25) is 0 Å². The third-order valence-corrected chi connectivity index (χ3v) is 9.00. The molecule has 3 aromatic rings. The van der Waals surface area contributed by atoms with Gasteiger partial charge < -0.3 is 26.6 Å². The Balaban J connectivity index is 1.36. The van der Waals surface area contributed by atoms with Crippen molar-refractivity contribution < 1.29 is 14.4 Å². The molecule has 0 bridgehead atoms. The molecule has 2 fully saturated rings. The number of benzene rings is 3. The predicted octanol–water partition coefficient (Wildman–Crippen LogP) is 3.33. The number of nitrogens with zero attached hydrogens (tertiary/aromatic N) is 1. The number of nitrogens with one attached hydrogen (secondary N) is 3. The molecular formula is C35H43N5O3. The summed E-state index contributed by atoms with van der Waals surface area (Å²) in [6.07, 6.45) is 4.03. The number of rotatable bonds is 11. The van der Waals surface area contributed by atoms with Gasteiger partial charge in [0, 0.05) is 6.04 Å². The van der Waals surface area contributed by atoms with E-state index in [1.807, 2.05) is 91.0 Å². The molecule has 2 saturated heterocycles. The number of amides is 3. The van der Waals surface area contributed by atoms with E-state index in [4.69, 9.17) is 5.73 Å². The van der Waals surface area contributed by atoms with Crippen molar-refractivity contribution in [3.63, 3.8) is 0 Å². The summed E-state index contributed by atoms with van der Waals surface area (Å²) in [7, 11) is 1.76. The van der Waals surface area contributed by atoms with Crippen molar-refractivity contribution in [1.82, 2.24) is 20.9 Å². The first kappa shape index (κ1) is 30.4. The molecule has 3 amide bonds. The molecule has 5 N–H and O–H groups in total. The minimum absolute atomic E-state index is 0.0401. The highest BCUT2D eigenvalue weighted by molar-refractivity contribution is 5.94. The molecule has 2 aliphatic rings.